The minimum Gasteiger partial charge on any atom is -0.462 e. The van der Waals surface area contributed by atoms with Gasteiger partial charge in [-0.15, -0.1) is 0 Å². The second kappa shape index (κ2) is 4.97. The Morgan fingerprint density at radius 1 is 1.70 bits per heavy atom. The average molecular weight is 143 g/mol. The van der Waals surface area contributed by atoms with Crippen LogP contribution in [0.2, 0.25) is 0 Å². The summed E-state index contributed by atoms with van der Waals surface area (Å²) in [6, 6.07) is 0. The number of carbonyl (C=O) groups excluding carboxylic acids is 2. The maximum Gasteiger partial charge on any atom is 0.314 e. The molecule has 3 nitrogen and oxygen atoms in total. The molecule has 0 aliphatic heterocycles. The van der Waals surface area contributed by atoms with Crippen LogP contribution in [0.1, 0.15) is 26.7 Å². The SMILES string of the molecule is CCC(C)OC(=O)C[C]=O. The molecule has 0 N–H and O–H groups in total. The van der Waals surface area contributed by atoms with Gasteiger partial charge in [0.15, 0.2) is 0 Å². The predicted octanol–water partition coefficient (Wildman–Crippen LogP) is 0.828. The molecule has 0 amide bonds. The van der Waals surface area contributed by atoms with Crippen LogP contribution in [0.25, 0.3) is 0 Å². The van der Waals surface area contributed by atoms with Gasteiger partial charge >= 0.3 is 5.97 Å². The molecular weight excluding hydrogens is 132 g/mol. The number of carbonyl (C=O) groups is 1. The Bertz CT molecular complexity index is 120. The van der Waals surface area contributed by atoms with Crippen LogP contribution in [-0.4, -0.2) is 18.4 Å². The second-order valence-corrected chi connectivity index (χ2v) is 2.03. The summed E-state index contributed by atoms with van der Waals surface area (Å²) < 4.78 is 4.74. The van der Waals surface area contributed by atoms with Crippen LogP contribution in [0.3, 0.4) is 0 Å². The summed E-state index contributed by atoms with van der Waals surface area (Å²) in [7, 11) is 0. The van der Waals surface area contributed by atoms with Crippen molar-refractivity contribution in [3.63, 3.8) is 0 Å². The number of hydrogen-bond donors (Lipinski definition) is 0. The van der Waals surface area contributed by atoms with E-state index in [1.165, 1.54) is 6.29 Å². The Labute approximate surface area is 60.4 Å². The fraction of sp³-hybridized carbons (Fsp3) is 0.714. The molecule has 10 heavy (non-hydrogen) atoms. The lowest BCUT2D eigenvalue weighted by atomic mass is 10.3. The number of rotatable bonds is 4. The van der Waals surface area contributed by atoms with E-state index in [0.717, 1.165) is 6.42 Å². The number of esters is 1. The zero-order chi connectivity index (χ0) is 7.98. The van der Waals surface area contributed by atoms with E-state index in [2.05, 4.69) is 0 Å². The molecule has 1 atom stereocenters. The van der Waals surface area contributed by atoms with E-state index < -0.39 is 5.97 Å². The van der Waals surface area contributed by atoms with Crippen molar-refractivity contribution in [2.75, 3.05) is 0 Å². The zero-order valence-electron chi connectivity index (χ0n) is 6.22. The predicted molar refractivity (Wildman–Crippen MR) is 36.2 cm³/mol. The van der Waals surface area contributed by atoms with Gasteiger partial charge in [0.25, 0.3) is 0 Å². The lowest BCUT2D eigenvalue weighted by molar-refractivity contribution is -0.146. The van der Waals surface area contributed by atoms with Gasteiger partial charge in [-0.05, 0) is 13.3 Å². The van der Waals surface area contributed by atoms with Crippen molar-refractivity contribution in [1.29, 1.82) is 0 Å². The first kappa shape index (κ1) is 9.14. The van der Waals surface area contributed by atoms with Crippen LogP contribution < -0.4 is 0 Å². The average Bonchev–Trinajstić information content (AvgIpc) is 1.88. The molecule has 0 fully saturated rings. The fourth-order valence-electron chi connectivity index (χ4n) is 0.408. The Morgan fingerprint density at radius 2 is 2.30 bits per heavy atom. The molecule has 0 bridgehead atoms. The lowest BCUT2D eigenvalue weighted by Crippen LogP contribution is -2.13. The van der Waals surface area contributed by atoms with E-state index in [0.29, 0.717) is 0 Å². The summed E-state index contributed by atoms with van der Waals surface area (Å²) in [5, 5.41) is 0. The highest BCUT2D eigenvalue weighted by Gasteiger charge is 2.05. The van der Waals surface area contributed by atoms with E-state index in [-0.39, 0.29) is 12.5 Å². The topological polar surface area (TPSA) is 43.4 Å². The smallest absolute Gasteiger partial charge is 0.314 e. The summed E-state index contributed by atoms with van der Waals surface area (Å²) in [6.07, 6.45) is 1.88. The first-order valence-corrected chi connectivity index (χ1v) is 3.25. The molecule has 0 heterocycles. The Hall–Kier alpha value is -0.860. The van der Waals surface area contributed by atoms with Gasteiger partial charge in [0.2, 0.25) is 6.29 Å². The highest BCUT2D eigenvalue weighted by Crippen LogP contribution is 1.96. The van der Waals surface area contributed by atoms with Crippen LogP contribution in [0.15, 0.2) is 0 Å². The molecular formula is C7H11O3. The summed E-state index contributed by atoms with van der Waals surface area (Å²) in [4.78, 5) is 20.2. The van der Waals surface area contributed by atoms with Gasteiger partial charge in [-0.25, -0.2) is 0 Å². The lowest BCUT2D eigenvalue weighted by Gasteiger charge is -2.07. The van der Waals surface area contributed by atoms with Crippen LogP contribution in [0, 0.1) is 0 Å². The van der Waals surface area contributed by atoms with Gasteiger partial charge in [0.05, 0.1) is 6.10 Å². The van der Waals surface area contributed by atoms with Crippen molar-refractivity contribution >= 4 is 12.3 Å². The van der Waals surface area contributed by atoms with E-state index in [4.69, 9.17) is 4.74 Å². The molecule has 1 unspecified atom stereocenters. The van der Waals surface area contributed by atoms with Crippen molar-refractivity contribution in [3.8, 4) is 0 Å². The van der Waals surface area contributed by atoms with Crippen LogP contribution in [0.5, 0.6) is 0 Å². The molecule has 3 heteroatoms. The summed E-state index contributed by atoms with van der Waals surface area (Å²) in [5.74, 6) is -0.496. The van der Waals surface area contributed by atoms with E-state index >= 15 is 0 Å². The highest BCUT2D eigenvalue weighted by molar-refractivity contribution is 5.84. The molecule has 0 aliphatic rings. The van der Waals surface area contributed by atoms with E-state index in [9.17, 15) is 9.59 Å². The summed E-state index contributed by atoms with van der Waals surface area (Å²) >= 11 is 0. The Balaban J connectivity index is 3.46. The minimum atomic E-state index is -0.496. The Morgan fingerprint density at radius 3 is 2.70 bits per heavy atom. The van der Waals surface area contributed by atoms with Crippen molar-refractivity contribution in [1.82, 2.24) is 0 Å². The van der Waals surface area contributed by atoms with E-state index in [1.807, 2.05) is 6.92 Å². The van der Waals surface area contributed by atoms with Crippen LogP contribution in [-0.2, 0) is 14.3 Å². The first-order chi connectivity index (χ1) is 4.70. The number of hydrogen-bond acceptors (Lipinski definition) is 3. The molecule has 0 saturated carbocycles. The van der Waals surface area contributed by atoms with Gasteiger partial charge in [0, 0.05) is 0 Å². The largest absolute Gasteiger partial charge is 0.462 e. The highest BCUT2D eigenvalue weighted by atomic mass is 16.5. The summed E-state index contributed by atoms with van der Waals surface area (Å²) in [6.45, 7) is 3.69. The third-order valence-corrected chi connectivity index (χ3v) is 1.12. The van der Waals surface area contributed by atoms with Gasteiger partial charge in [-0.3, -0.25) is 9.59 Å². The normalized spacial score (nSPS) is 12.2. The molecule has 0 rings (SSSR count). The molecule has 0 aliphatic carbocycles. The van der Waals surface area contributed by atoms with E-state index in [1.54, 1.807) is 6.92 Å². The zero-order valence-corrected chi connectivity index (χ0v) is 6.22. The maximum atomic E-state index is 10.5. The molecule has 1 radical (unpaired) electrons. The fourth-order valence-corrected chi connectivity index (χ4v) is 0.408. The van der Waals surface area contributed by atoms with Crippen molar-refractivity contribution in [2.24, 2.45) is 0 Å². The van der Waals surface area contributed by atoms with Crippen LogP contribution >= 0.6 is 0 Å². The molecule has 0 spiro atoms. The molecule has 0 saturated heterocycles. The molecule has 0 aromatic rings. The third-order valence-electron chi connectivity index (χ3n) is 1.12. The second-order valence-electron chi connectivity index (χ2n) is 2.03. The Kier molecular flexibility index (Phi) is 4.54. The third kappa shape index (κ3) is 4.06. The molecule has 0 aromatic carbocycles. The monoisotopic (exact) mass is 143 g/mol. The molecule has 0 aromatic heterocycles. The van der Waals surface area contributed by atoms with Gasteiger partial charge in [-0.2, -0.15) is 0 Å². The standard InChI is InChI=1S/C7H11O3/c1-3-6(2)10-7(9)4-5-8/h6H,3-4H2,1-2H3. The van der Waals surface area contributed by atoms with Gasteiger partial charge in [-0.1, -0.05) is 6.92 Å². The minimum absolute atomic E-state index is 0.0964. The quantitative estimate of drug-likeness (QED) is 0.432. The molecule has 57 valence electrons. The summed E-state index contributed by atoms with van der Waals surface area (Å²) in [5.41, 5.74) is 0. The maximum absolute atomic E-state index is 10.5. The number of ether oxygens (including phenoxy) is 1. The van der Waals surface area contributed by atoms with Crippen LogP contribution in [0.4, 0.5) is 0 Å². The van der Waals surface area contributed by atoms with Gasteiger partial charge < -0.3 is 4.74 Å². The van der Waals surface area contributed by atoms with Crippen molar-refractivity contribution in [3.05, 3.63) is 0 Å². The van der Waals surface area contributed by atoms with Crippen molar-refractivity contribution < 1.29 is 14.3 Å². The first-order valence-electron chi connectivity index (χ1n) is 3.25. The van der Waals surface area contributed by atoms with Crippen molar-refractivity contribution in [2.45, 2.75) is 32.8 Å². The van der Waals surface area contributed by atoms with Gasteiger partial charge in [0.1, 0.15) is 6.42 Å².